The predicted octanol–water partition coefficient (Wildman–Crippen LogP) is 3.09. The first-order valence-electron chi connectivity index (χ1n) is 4.45. The average Bonchev–Trinajstić information content (AvgIpc) is 2.55. The third-order valence-electron chi connectivity index (χ3n) is 2.13. The Morgan fingerprint density at radius 2 is 2.17 bits per heavy atom. The zero-order valence-corrected chi connectivity index (χ0v) is 8.74. The fraction of sp³-hybridized carbons (Fsp3) is 0.667. The smallest absolute Gasteiger partial charge is 0.182 e. The van der Waals surface area contributed by atoms with Crippen molar-refractivity contribution in [2.24, 2.45) is 0 Å². The van der Waals surface area contributed by atoms with Crippen molar-refractivity contribution in [3.05, 3.63) is 11.1 Å². The molecule has 0 aliphatic rings. The number of nitrogens with one attached hydrogen (secondary N) is 1. The molecule has 2 nitrogen and oxygen atoms in total. The second-order valence-corrected chi connectivity index (χ2v) is 3.89. The van der Waals surface area contributed by atoms with E-state index in [0.29, 0.717) is 5.92 Å². The fourth-order valence-electron chi connectivity index (χ4n) is 1.28. The lowest BCUT2D eigenvalue weighted by Crippen LogP contribution is -1.90. The van der Waals surface area contributed by atoms with Crippen molar-refractivity contribution >= 4 is 16.5 Å². The summed E-state index contributed by atoms with van der Waals surface area (Å²) in [5, 5.41) is 4.08. The molecule has 0 saturated heterocycles. The molecule has 0 bridgehead atoms. The third kappa shape index (κ3) is 1.97. The molecule has 1 heterocycles. The van der Waals surface area contributed by atoms with E-state index in [1.165, 1.54) is 17.7 Å². The van der Waals surface area contributed by atoms with E-state index in [0.717, 1.165) is 5.13 Å². The number of hydrogen-bond acceptors (Lipinski definition) is 3. The Bertz CT molecular complexity index is 228. The molecule has 0 aliphatic heterocycles. The Labute approximate surface area is 78.0 Å². The first-order chi connectivity index (χ1) is 5.81. The van der Waals surface area contributed by atoms with Crippen molar-refractivity contribution in [1.82, 2.24) is 4.98 Å². The topological polar surface area (TPSA) is 24.9 Å². The van der Waals surface area contributed by atoms with Crippen molar-refractivity contribution in [3.63, 3.8) is 0 Å². The van der Waals surface area contributed by atoms with E-state index in [2.05, 4.69) is 24.1 Å². The van der Waals surface area contributed by atoms with Crippen LogP contribution in [0.5, 0.6) is 0 Å². The van der Waals surface area contributed by atoms with E-state index in [-0.39, 0.29) is 0 Å². The molecule has 0 fully saturated rings. The fourth-order valence-corrected chi connectivity index (χ4v) is 2.32. The molecule has 68 valence electrons. The van der Waals surface area contributed by atoms with Crippen LogP contribution in [0.25, 0.3) is 0 Å². The Hall–Kier alpha value is -0.570. The Kier molecular flexibility index (Phi) is 3.53. The van der Waals surface area contributed by atoms with Crippen molar-refractivity contribution in [1.29, 1.82) is 0 Å². The number of aromatic nitrogens is 1. The minimum absolute atomic E-state index is 0.699. The van der Waals surface area contributed by atoms with E-state index in [1.807, 2.05) is 13.2 Å². The molecule has 0 aliphatic carbocycles. The minimum atomic E-state index is 0.699. The second-order valence-electron chi connectivity index (χ2n) is 2.83. The van der Waals surface area contributed by atoms with Gasteiger partial charge in [0.25, 0.3) is 0 Å². The summed E-state index contributed by atoms with van der Waals surface area (Å²) in [4.78, 5) is 5.67. The normalized spacial score (nSPS) is 10.7. The Balaban J connectivity index is 2.72. The molecular formula is C9H16N2S. The zero-order valence-electron chi connectivity index (χ0n) is 7.92. The molecule has 0 saturated carbocycles. The molecule has 1 aromatic heterocycles. The third-order valence-corrected chi connectivity index (χ3v) is 3.30. The maximum Gasteiger partial charge on any atom is 0.182 e. The van der Waals surface area contributed by atoms with Gasteiger partial charge in [-0.05, 0) is 18.8 Å². The van der Waals surface area contributed by atoms with Gasteiger partial charge in [-0.2, -0.15) is 0 Å². The van der Waals surface area contributed by atoms with Gasteiger partial charge in [-0.3, -0.25) is 0 Å². The van der Waals surface area contributed by atoms with Crippen LogP contribution in [0, 0.1) is 0 Å². The van der Waals surface area contributed by atoms with E-state index in [4.69, 9.17) is 0 Å². The van der Waals surface area contributed by atoms with Gasteiger partial charge in [0.2, 0.25) is 0 Å². The molecule has 1 aromatic rings. The minimum Gasteiger partial charge on any atom is -0.365 e. The summed E-state index contributed by atoms with van der Waals surface area (Å²) in [5.41, 5.74) is 0. The molecule has 1 rings (SSSR count). The van der Waals surface area contributed by atoms with Crippen LogP contribution in [0.2, 0.25) is 0 Å². The maximum absolute atomic E-state index is 4.26. The first-order valence-corrected chi connectivity index (χ1v) is 5.26. The summed E-state index contributed by atoms with van der Waals surface area (Å²) in [7, 11) is 1.91. The van der Waals surface area contributed by atoms with E-state index in [1.54, 1.807) is 11.3 Å². The Morgan fingerprint density at radius 1 is 1.50 bits per heavy atom. The van der Waals surface area contributed by atoms with E-state index in [9.17, 15) is 0 Å². The summed E-state index contributed by atoms with van der Waals surface area (Å²) in [6, 6.07) is 0. The van der Waals surface area contributed by atoms with Crippen LogP contribution in [0.3, 0.4) is 0 Å². The number of nitrogens with zero attached hydrogens (tertiary/aromatic N) is 1. The van der Waals surface area contributed by atoms with Gasteiger partial charge in [0.1, 0.15) is 0 Å². The lowest BCUT2D eigenvalue weighted by Gasteiger charge is -2.07. The number of rotatable bonds is 4. The predicted molar refractivity (Wildman–Crippen MR) is 55.0 cm³/mol. The first kappa shape index (κ1) is 9.52. The lowest BCUT2D eigenvalue weighted by atomic mass is 10.0. The lowest BCUT2D eigenvalue weighted by molar-refractivity contribution is 0.652. The SMILES string of the molecule is CCC(CC)c1cnc(NC)s1. The van der Waals surface area contributed by atoms with Gasteiger partial charge in [-0.1, -0.05) is 13.8 Å². The standard InChI is InChI=1S/C9H16N2S/c1-4-7(5-2)8-6-11-9(10-3)12-8/h6-7H,4-5H2,1-3H3,(H,10,11). The molecule has 0 aromatic carbocycles. The second kappa shape index (κ2) is 4.45. The molecule has 3 heteroatoms. The highest BCUT2D eigenvalue weighted by Gasteiger charge is 2.09. The number of anilines is 1. The van der Waals surface area contributed by atoms with E-state index >= 15 is 0 Å². The highest BCUT2D eigenvalue weighted by Crippen LogP contribution is 2.29. The maximum atomic E-state index is 4.26. The van der Waals surface area contributed by atoms with Crippen LogP contribution in [-0.2, 0) is 0 Å². The van der Waals surface area contributed by atoms with Gasteiger partial charge in [0.15, 0.2) is 5.13 Å². The van der Waals surface area contributed by atoms with Gasteiger partial charge >= 0.3 is 0 Å². The van der Waals surface area contributed by atoms with Gasteiger partial charge in [-0.15, -0.1) is 11.3 Å². The molecule has 0 atom stereocenters. The van der Waals surface area contributed by atoms with Gasteiger partial charge in [-0.25, -0.2) is 4.98 Å². The summed E-state index contributed by atoms with van der Waals surface area (Å²) in [6.07, 6.45) is 4.41. The van der Waals surface area contributed by atoms with Crippen LogP contribution in [0.15, 0.2) is 6.20 Å². The molecule has 12 heavy (non-hydrogen) atoms. The van der Waals surface area contributed by atoms with Gasteiger partial charge in [0, 0.05) is 18.1 Å². The highest BCUT2D eigenvalue weighted by molar-refractivity contribution is 7.15. The molecule has 0 spiro atoms. The van der Waals surface area contributed by atoms with Crippen LogP contribution in [-0.4, -0.2) is 12.0 Å². The number of hydrogen-bond donors (Lipinski definition) is 1. The number of thiazole rings is 1. The van der Waals surface area contributed by atoms with Crippen LogP contribution in [0.4, 0.5) is 5.13 Å². The summed E-state index contributed by atoms with van der Waals surface area (Å²) in [6.45, 7) is 4.46. The van der Waals surface area contributed by atoms with Crippen LogP contribution >= 0.6 is 11.3 Å². The zero-order chi connectivity index (χ0) is 8.97. The monoisotopic (exact) mass is 184 g/mol. The van der Waals surface area contributed by atoms with Gasteiger partial charge in [0.05, 0.1) is 0 Å². The van der Waals surface area contributed by atoms with E-state index < -0.39 is 0 Å². The average molecular weight is 184 g/mol. The Morgan fingerprint density at radius 3 is 2.58 bits per heavy atom. The van der Waals surface area contributed by atoms with Crippen molar-refractivity contribution in [2.45, 2.75) is 32.6 Å². The summed E-state index contributed by atoms with van der Waals surface area (Å²) >= 11 is 1.77. The van der Waals surface area contributed by atoms with Gasteiger partial charge < -0.3 is 5.32 Å². The molecule has 0 amide bonds. The summed E-state index contributed by atoms with van der Waals surface area (Å²) < 4.78 is 0. The molecule has 0 unspecified atom stereocenters. The molecule has 0 radical (unpaired) electrons. The highest BCUT2D eigenvalue weighted by atomic mass is 32.1. The largest absolute Gasteiger partial charge is 0.365 e. The summed E-state index contributed by atoms with van der Waals surface area (Å²) in [5.74, 6) is 0.699. The van der Waals surface area contributed by atoms with Crippen molar-refractivity contribution < 1.29 is 0 Å². The van der Waals surface area contributed by atoms with Crippen molar-refractivity contribution in [3.8, 4) is 0 Å². The van der Waals surface area contributed by atoms with Crippen LogP contribution in [0.1, 0.15) is 37.5 Å². The molecular weight excluding hydrogens is 168 g/mol. The van der Waals surface area contributed by atoms with Crippen LogP contribution < -0.4 is 5.32 Å². The van der Waals surface area contributed by atoms with Crippen molar-refractivity contribution in [2.75, 3.05) is 12.4 Å². The molecule has 1 N–H and O–H groups in total. The quantitative estimate of drug-likeness (QED) is 0.777.